The molecule has 4 aromatic heterocycles. The van der Waals surface area contributed by atoms with E-state index in [2.05, 4.69) is 33.9 Å². The summed E-state index contributed by atoms with van der Waals surface area (Å²) in [5, 5.41) is 4.08. The topological polar surface area (TPSA) is 86.9 Å². The number of alkyl halides is 2. The molecule has 1 saturated carbocycles. The van der Waals surface area contributed by atoms with Gasteiger partial charge in [-0.3, -0.25) is 0 Å². The average molecular weight is 442 g/mol. The minimum absolute atomic E-state index is 0.165. The molecule has 1 aliphatic carbocycles. The fourth-order valence-electron chi connectivity index (χ4n) is 4.26. The summed E-state index contributed by atoms with van der Waals surface area (Å²) in [4.78, 5) is 12.8. The SMILES string of the molecule is CC1(C)CCCCC1.Cc1nc2ccc(-c3ccn4nc(N)ncc34)nc2n1CC(F)F. The lowest BCUT2D eigenvalue weighted by Crippen LogP contribution is -2.14. The lowest BCUT2D eigenvalue weighted by molar-refractivity contribution is 0.127. The molecular weight excluding hydrogens is 412 g/mol. The molecule has 0 bridgehead atoms. The number of aryl methyl sites for hydroxylation is 1. The van der Waals surface area contributed by atoms with Crippen LogP contribution in [0.3, 0.4) is 0 Å². The van der Waals surface area contributed by atoms with E-state index in [4.69, 9.17) is 5.73 Å². The van der Waals surface area contributed by atoms with Crippen LogP contribution in [0.15, 0.2) is 30.6 Å². The molecule has 1 aliphatic rings. The van der Waals surface area contributed by atoms with Gasteiger partial charge in [-0.2, -0.15) is 0 Å². The first-order chi connectivity index (χ1) is 15.2. The number of nitrogen functional groups attached to an aromatic ring is 1. The third-order valence-corrected chi connectivity index (χ3v) is 6.02. The van der Waals surface area contributed by atoms with Gasteiger partial charge in [0, 0.05) is 11.8 Å². The van der Waals surface area contributed by atoms with E-state index in [1.807, 2.05) is 6.07 Å². The zero-order chi connectivity index (χ0) is 22.9. The maximum atomic E-state index is 12.8. The van der Waals surface area contributed by atoms with Gasteiger partial charge in [0.1, 0.15) is 11.3 Å². The number of hydrogen-bond acceptors (Lipinski definition) is 5. The molecule has 0 radical (unpaired) electrons. The van der Waals surface area contributed by atoms with Crippen molar-refractivity contribution in [1.82, 2.24) is 29.1 Å². The van der Waals surface area contributed by atoms with E-state index in [1.165, 1.54) is 36.7 Å². The van der Waals surface area contributed by atoms with Crippen LogP contribution in [0.4, 0.5) is 14.7 Å². The number of pyridine rings is 1. The zero-order valence-corrected chi connectivity index (χ0v) is 18.7. The minimum atomic E-state index is -2.47. The monoisotopic (exact) mass is 441 g/mol. The van der Waals surface area contributed by atoms with Gasteiger partial charge in [0.15, 0.2) is 5.65 Å². The van der Waals surface area contributed by atoms with Crippen molar-refractivity contribution in [2.45, 2.75) is 65.8 Å². The molecule has 2 N–H and O–H groups in total. The highest BCUT2D eigenvalue weighted by molar-refractivity contribution is 5.82. The van der Waals surface area contributed by atoms with Gasteiger partial charge in [0.25, 0.3) is 6.43 Å². The van der Waals surface area contributed by atoms with Crippen LogP contribution in [0.1, 0.15) is 51.8 Å². The Balaban J connectivity index is 0.000000260. The largest absolute Gasteiger partial charge is 0.367 e. The van der Waals surface area contributed by atoms with Crippen LogP contribution in [0.5, 0.6) is 0 Å². The smallest absolute Gasteiger partial charge is 0.256 e. The molecule has 4 aromatic rings. The molecule has 0 atom stereocenters. The summed E-state index contributed by atoms with van der Waals surface area (Å²) in [6.45, 7) is 6.02. The van der Waals surface area contributed by atoms with Crippen LogP contribution >= 0.6 is 0 Å². The number of anilines is 1. The van der Waals surface area contributed by atoms with Gasteiger partial charge < -0.3 is 10.3 Å². The Labute approximate surface area is 185 Å². The van der Waals surface area contributed by atoms with Crippen molar-refractivity contribution in [3.8, 4) is 11.3 Å². The van der Waals surface area contributed by atoms with Gasteiger partial charge in [-0.15, -0.1) is 5.10 Å². The van der Waals surface area contributed by atoms with Crippen molar-refractivity contribution < 1.29 is 8.78 Å². The second-order valence-corrected chi connectivity index (χ2v) is 9.10. The number of aromatic nitrogens is 6. The highest BCUT2D eigenvalue weighted by Gasteiger charge is 2.20. The van der Waals surface area contributed by atoms with Gasteiger partial charge >= 0.3 is 0 Å². The predicted molar refractivity (Wildman–Crippen MR) is 122 cm³/mol. The molecule has 0 aromatic carbocycles. The van der Waals surface area contributed by atoms with Crippen LogP contribution in [0.25, 0.3) is 27.9 Å². The van der Waals surface area contributed by atoms with E-state index in [-0.39, 0.29) is 5.95 Å². The van der Waals surface area contributed by atoms with Gasteiger partial charge in [-0.05, 0) is 43.4 Å². The van der Waals surface area contributed by atoms with E-state index < -0.39 is 13.0 Å². The van der Waals surface area contributed by atoms with E-state index in [9.17, 15) is 8.78 Å². The molecule has 7 nitrogen and oxygen atoms in total. The molecule has 1 fully saturated rings. The molecule has 0 aliphatic heterocycles. The number of halogens is 2. The zero-order valence-electron chi connectivity index (χ0n) is 18.7. The van der Waals surface area contributed by atoms with Crippen molar-refractivity contribution in [2.24, 2.45) is 5.41 Å². The summed E-state index contributed by atoms with van der Waals surface area (Å²) < 4.78 is 28.7. The molecule has 5 rings (SSSR count). The summed E-state index contributed by atoms with van der Waals surface area (Å²) in [6, 6.07) is 5.40. The minimum Gasteiger partial charge on any atom is -0.367 e. The molecular formula is C23H29F2N7. The fraction of sp³-hybridized carbons (Fsp3) is 0.478. The van der Waals surface area contributed by atoms with Crippen LogP contribution in [0, 0.1) is 12.3 Å². The number of hydrogen-bond donors (Lipinski definition) is 1. The van der Waals surface area contributed by atoms with Gasteiger partial charge in [0.05, 0.1) is 24.0 Å². The molecule has 0 unspecified atom stereocenters. The third kappa shape index (κ3) is 4.71. The Morgan fingerprint density at radius 1 is 1.09 bits per heavy atom. The lowest BCUT2D eigenvalue weighted by atomic mass is 9.78. The highest BCUT2D eigenvalue weighted by atomic mass is 19.3. The molecule has 9 heteroatoms. The van der Waals surface area contributed by atoms with Crippen molar-refractivity contribution >= 4 is 22.6 Å². The van der Waals surface area contributed by atoms with Crippen molar-refractivity contribution in [3.05, 3.63) is 36.4 Å². The van der Waals surface area contributed by atoms with E-state index in [1.54, 1.807) is 36.0 Å². The van der Waals surface area contributed by atoms with Crippen LogP contribution < -0.4 is 5.73 Å². The normalized spacial score (nSPS) is 15.8. The van der Waals surface area contributed by atoms with Crippen molar-refractivity contribution in [2.75, 3.05) is 5.73 Å². The fourth-order valence-corrected chi connectivity index (χ4v) is 4.26. The van der Waals surface area contributed by atoms with Gasteiger partial charge in [-0.1, -0.05) is 33.1 Å². The van der Waals surface area contributed by atoms with E-state index >= 15 is 0 Å². The average Bonchev–Trinajstić information content (AvgIpc) is 3.28. The molecule has 0 amide bonds. The summed E-state index contributed by atoms with van der Waals surface area (Å²) in [5.41, 5.74) is 9.42. The third-order valence-electron chi connectivity index (χ3n) is 6.02. The predicted octanol–water partition coefficient (Wildman–Crippen LogP) is 5.27. The standard InChI is InChI=1S/C15H13F2N7.C8H16/c1-8-20-11-3-2-10(21-14(11)23(8)7-13(16)17)9-4-5-24-12(9)6-19-15(18)22-24;1-8(2)6-4-3-5-7-8/h2-6,13H,7H2,1H3,(H2,18,22);3-7H2,1-2H3. The molecule has 32 heavy (non-hydrogen) atoms. The highest BCUT2D eigenvalue weighted by Crippen LogP contribution is 2.34. The summed E-state index contributed by atoms with van der Waals surface area (Å²) in [5.74, 6) is 0.673. The quantitative estimate of drug-likeness (QED) is 0.468. The number of imidazole rings is 1. The summed E-state index contributed by atoms with van der Waals surface area (Å²) in [7, 11) is 0. The first-order valence-corrected chi connectivity index (χ1v) is 11.0. The van der Waals surface area contributed by atoms with Crippen molar-refractivity contribution in [3.63, 3.8) is 0 Å². The second kappa shape index (κ2) is 8.80. The molecule has 0 saturated heterocycles. The molecule has 0 spiro atoms. The number of nitrogens with zero attached hydrogens (tertiary/aromatic N) is 6. The maximum Gasteiger partial charge on any atom is 0.256 e. The van der Waals surface area contributed by atoms with Crippen molar-refractivity contribution in [1.29, 1.82) is 0 Å². The Morgan fingerprint density at radius 2 is 1.84 bits per heavy atom. The first kappa shape index (κ1) is 22.1. The number of nitrogens with two attached hydrogens (primary N) is 1. The Bertz CT molecular complexity index is 1220. The van der Waals surface area contributed by atoms with Crippen LogP contribution in [0.2, 0.25) is 0 Å². The molecule has 170 valence electrons. The second-order valence-electron chi connectivity index (χ2n) is 9.10. The Hall–Kier alpha value is -3.10. The number of fused-ring (bicyclic) bond motifs is 2. The molecule has 4 heterocycles. The first-order valence-electron chi connectivity index (χ1n) is 11.0. The van der Waals surface area contributed by atoms with Gasteiger partial charge in [0.2, 0.25) is 5.95 Å². The van der Waals surface area contributed by atoms with Crippen LogP contribution in [-0.4, -0.2) is 35.6 Å². The van der Waals surface area contributed by atoms with E-state index in [0.29, 0.717) is 28.1 Å². The summed E-state index contributed by atoms with van der Waals surface area (Å²) in [6.07, 6.45) is 8.18. The van der Waals surface area contributed by atoms with Crippen LogP contribution in [-0.2, 0) is 6.54 Å². The Kier molecular flexibility index (Phi) is 6.08. The Morgan fingerprint density at radius 3 is 2.50 bits per heavy atom. The number of rotatable bonds is 3. The van der Waals surface area contributed by atoms with Gasteiger partial charge in [-0.25, -0.2) is 28.2 Å². The van der Waals surface area contributed by atoms with E-state index in [0.717, 1.165) is 11.1 Å². The maximum absolute atomic E-state index is 12.8. The lowest BCUT2D eigenvalue weighted by Gasteiger charge is -2.28. The summed E-state index contributed by atoms with van der Waals surface area (Å²) >= 11 is 0.